The van der Waals surface area contributed by atoms with Gasteiger partial charge in [0.2, 0.25) is 5.91 Å². The van der Waals surface area contributed by atoms with Crippen molar-refractivity contribution in [2.75, 3.05) is 37.6 Å². The third-order valence-electron chi connectivity index (χ3n) is 6.47. The zero-order valence-electron chi connectivity index (χ0n) is 18.0. The average Bonchev–Trinajstić information content (AvgIpc) is 2.80. The molecule has 160 valence electrons. The van der Waals surface area contributed by atoms with Gasteiger partial charge in [0, 0.05) is 32.2 Å². The van der Waals surface area contributed by atoms with Gasteiger partial charge in [0.05, 0.1) is 11.6 Å². The number of carbonyl (C=O) groups excluding carboxylic acids is 1. The maximum absolute atomic E-state index is 12.7. The molecule has 2 fully saturated rings. The topological polar surface area (TPSA) is 61.4 Å². The van der Waals surface area contributed by atoms with E-state index in [9.17, 15) is 4.79 Å². The molecule has 30 heavy (non-hydrogen) atoms. The molecule has 1 amide bonds. The quantitative estimate of drug-likeness (QED) is 0.798. The summed E-state index contributed by atoms with van der Waals surface area (Å²) in [5, 5.41) is 11.7. The third-order valence-corrected chi connectivity index (χ3v) is 6.47. The summed E-state index contributed by atoms with van der Waals surface area (Å²) in [6.45, 7) is 6.71. The van der Waals surface area contributed by atoms with Crippen molar-refractivity contribution in [2.45, 2.75) is 45.1 Å². The number of nitrogens with one attached hydrogen (secondary N) is 1. The highest BCUT2D eigenvalue weighted by atomic mass is 16.1. The van der Waals surface area contributed by atoms with Crippen LogP contribution in [0, 0.1) is 12.8 Å². The molecule has 6 heteroatoms. The Morgan fingerprint density at radius 2 is 1.83 bits per heavy atom. The van der Waals surface area contributed by atoms with Crippen LogP contribution >= 0.6 is 0 Å². The Morgan fingerprint density at radius 3 is 2.57 bits per heavy atom. The summed E-state index contributed by atoms with van der Waals surface area (Å²) < 4.78 is 0. The van der Waals surface area contributed by atoms with Crippen molar-refractivity contribution in [2.24, 2.45) is 5.92 Å². The van der Waals surface area contributed by atoms with Crippen molar-refractivity contribution in [3.05, 3.63) is 53.7 Å². The Bertz CT molecular complexity index is 802. The van der Waals surface area contributed by atoms with Crippen LogP contribution in [0.15, 0.2) is 42.5 Å². The molecule has 1 N–H and O–H groups in total. The van der Waals surface area contributed by atoms with Gasteiger partial charge in [-0.15, -0.1) is 5.10 Å². The molecule has 1 aromatic heterocycles. The number of aryl methyl sites for hydroxylation is 1. The Labute approximate surface area is 179 Å². The third kappa shape index (κ3) is 5.36. The summed E-state index contributed by atoms with van der Waals surface area (Å²) in [4.78, 5) is 17.6. The summed E-state index contributed by atoms with van der Waals surface area (Å²) in [7, 11) is 0. The Kier molecular flexibility index (Phi) is 6.95. The predicted octanol–water partition coefficient (Wildman–Crippen LogP) is 2.82. The van der Waals surface area contributed by atoms with Crippen molar-refractivity contribution in [3.63, 3.8) is 0 Å². The van der Waals surface area contributed by atoms with Crippen molar-refractivity contribution in [1.82, 2.24) is 20.4 Å². The van der Waals surface area contributed by atoms with Crippen LogP contribution < -0.4 is 10.2 Å². The molecule has 6 nitrogen and oxygen atoms in total. The van der Waals surface area contributed by atoms with Gasteiger partial charge in [-0.1, -0.05) is 30.3 Å². The lowest BCUT2D eigenvalue weighted by molar-refractivity contribution is -0.127. The molecule has 3 heterocycles. The summed E-state index contributed by atoms with van der Waals surface area (Å²) in [6, 6.07) is 15.0. The van der Waals surface area contributed by atoms with Gasteiger partial charge in [-0.25, -0.2) is 0 Å². The lowest BCUT2D eigenvalue weighted by Crippen LogP contribution is -2.51. The van der Waals surface area contributed by atoms with E-state index in [1.807, 2.05) is 31.2 Å². The zero-order valence-corrected chi connectivity index (χ0v) is 18.0. The summed E-state index contributed by atoms with van der Waals surface area (Å²) in [6.07, 6.45) is 5.26. The maximum Gasteiger partial charge on any atom is 0.224 e. The van der Waals surface area contributed by atoms with Crippen LogP contribution in [0.4, 0.5) is 5.82 Å². The molecule has 4 rings (SSSR count). The molecular weight excluding hydrogens is 374 g/mol. The van der Waals surface area contributed by atoms with E-state index in [0.717, 1.165) is 76.3 Å². The van der Waals surface area contributed by atoms with E-state index in [1.165, 1.54) is 5.56 Å². The molecule has 2 aliphatic heterocycles. The van der Waals surface area contributed by atoms with E-state index in [-0.39, 0.29) is 11.8 Å². The normalized spacial score (nSPS) is 20.8. The second-order valence-electron chi connectivity index (χ2n) is 8.61. The first-order chi connectivity index (χ1) is 14.7. The van der Waals surface area contributed by atoms with Gasteiger partial charge in [-0.05, 0) is 63.3 Å². The van der Waals surface area contributed by atoms with E-state index in [4.69, 9.17) is 0 Å². The summed E-state index contributed by atoms with van der Waals surface area (Å²) in [5.41, 5.74) is 2.23. The van der Waals surface area contributed by atoms with Crippen LogP contribution in [0.1, 0.15) is 36.9 Å². The standard InChI is InChI=1S/C24H33N5O/c1-19-9-10-23(27-26-19)28-16-12-22(13-17-28)29-15-5-8-21(18-29)24(30)25-14-11-20-6-3-2-4-7-20/h2-4,6-7,9-10,21-22H,5,8,11-18H2,1H3,(H,25,30)/t21-/m0/s1. The Balaban J connectivity index is 1.23. The van der Waals surface area contributed by atoms with Gasteiger partial charge in [-0.3, -0.25) is 9.69 Å². The lowest BCUT2D eigenvalue weighted by atomic mass is 9.93. The monoisotopic (exact) mass is 407 g/mol. The SMILES string of the molecule is Cc1ccc(N2CCC(N3CCC[C@H](C(=O)NCCc4ccccc4)C3)CC2)nn1. The van der Waals surface area contributed by atoms with Gasteiger partial charge < -0.3 is 10.2 Å². The highest BCUT2D eigenvalue weighted by Gasteiger charge is 2.31. The largest absolute Gasteiger partial charge is 0.355 e. The number of piperidine rings is 2. The van der Waals surface area contributed by atoms with Crippen molar-refractivity contribution in [3.8, 4) is 0 Å². The van der Waals surface area contributed by atoms with Crippen molar-refractivity contribution < 1.29 is 4.79 Å². The number of hydrogen-bond donors (Lipinski definition) is 1. The Morgan fingerprint density at radius 1 is 1.03 bits per heavy atom. The smallest absolute Gasteiger partial charge is 0.224 e. The number of benzene rings is 1. The van der Waals surface area contributed by atoms with Crippen LogP contribution in [0.25, 0.3) is 0 Å². The minimum absolute atomic E-state index is 0.121. The molecular formula is C24H33N5O. The lowest BCUT2D eigenvalue weighted by Gasteiger charge is -2.42. The molecule has 0 bridgehead atoms. The molecule has 2 aliphatic rings. The van der Waals surface area contributed by atoms with Gasteiger partial charge in [0.15, 0.2) is 5.82 Å². The fourth-order valence-corrected chi connectivity index (χ4v) is 4.69. The average molecular weight is 408 g/mol. The van der Waals surface area contributed by atoms with E-state index in [2.05, 4.69) is 43.5 Å². The number of aromatic nitrogens is 2. The molecule has 0 saturated carbocycles. The first-order valence-corrected chi connectivity index (χ1v) is 11.3. The van der Waals surface area contributed by atoms with Gasteiger partial charge in [-0.2, -0.15) is 5.10 Å². The van der Waals surface area contributed by atoms with Gasteiger partial charge in [0.1, 0.15) is 0 Å². The number of nitrogens with zero attached hydrogens (tertiary/aromatic N) is 4. The van der Waals surface area contributed by atoms with Gasteiger partial charge in [0.25, 0.3) is 0 Å². The second-order valence-corrected chi connectivity index (χ2v) is 8.61. The molecule has 1 aromatic carbocycles. The van der Waals surface area contributed by atoms with Gasteiger partial charge >= 0.3 is 0 Å². The minimum atomic E-state index is 0.121. The first kappa shape index (κ1) is 20.8. The zero-order chi connectivity index (χ0) is 20.8. The van der Waals surface area contributed by atoms with E-state index >= 15 is 0 Å². The van der Waals surface area contributed by atoms with Crippen LogP contribution in [0.3, 0.4) is 0 Å². The molecule has 1 atom stereocenters. The summed E-state index contributed by atoms with van der Waals surface area (Å²) in [5.74, 6) is 1.33. The van der Waals surface area contributed by atoms with E-state index in [1.54, 1.807) is 0 Å². The predicted molar refractivity (Wildman–Crippen MR) is 119 cm³/mol. The van der Waals surface area contributed by atoms with Crippen LogP contribution in [0.2, 0.25) is 0 Å². The van der Waals surface area contributed by atoms with Crippen LogP contribution in [-0.4, -0.2) is 59.8 Å². The van der Waals surface area contributed by atoms with Crippen molar-refractivity contribution >= 4 is 11.7 Å². The molecule has 2 aromatic rings. The molecule has 0 radical (unpaired) electrons. The molecule has 0 aliphatic carbocycles. The number of carbonyl (C=O) groups is 1. The molecule has 2 saturated heterocycles. The van der Waals surface area contributed by atoms with Crippen molar-refractivity contribution in [1.29, 1.82) is 0 Å². The number of rotatable bonds is 6. The van der Waals surface area contributed by atoms with Crippen LogP contribution in [-0.2, 0) is 11.2 Å². The summed E-state index contributed by atoms with van der Waals surface area (Å²) >= 11 is 0. The highest BCUT2D eigenvalue weighted by Crippen LogP contribution is 2.25. The number of hydrogen-bond acceptors (Lipinski definition) is 5. The fourth-order valence-electron chi connectivity index (χ4n) is 4.69. The molecule has 0 unspecified atom stereocenters. The van der Waals surface area contributed by atoms with E-state index in [0.29, 0.717) is 6.04 Å². The number of amides is 1. The fraction of sp³-hybridized carbons (Fsp3) is 0.542. The minimum Gasteiger partial charge on any atom is -0.355 e. The number of anilines is 1. The Hall–Kier alpha value is -2.47. The second kappa shape index (κ2) is 10.0. The number of likely N-dealkylation sites (tertiary alicyclic amines) is 1. The first-order valence-electron chi connectivity index (χ1n) is 11.3. The maximum atomic E-state index is 12.7. The molecule has 0 spiro atoms. The van der Waals surface area contributed by atoms with E-state index < -0.39 is 0 Å². The highest BCUT2D eigenvalue weighted by molar-refractivity contribution is 5.79. The van der Waals surface area contributed by atoms with Crippen LogP contribution in [0.5, 0.6) is 0 Å².